The smallest absolute Gasteiger partial charge is 0.269 e. The standard InChI is InChI=1S/C26H21ClN2O4/c1-3-6-20-13-18(14-22(16-28)19-9-11-23(12-10-19)29(30)31)15-25(32-2)26(20)33-17-21-7-4-5-8-24(21)27/h3-5,7-15H,1,6,17H2,2H3/b22-14+. The zero-order chi connectivity index (χ0) is 23.8. The maximum atomic E-state index is 10.9. The highest BCUT2D eigenvalue weighted by Crippen LogP contribution is 2.36. The van der Waals surface area contributed by atoms with E-state index in [1.807, 2.05) is 24.3 Å². The molecule has 0 aromatic heterocycles. The van der Waals surface area contributed by atoms with Crippen molar-refractivity contribution < 1.29 is 14.4 Å². The van der Waals surface area contributed by atoms with Crippen LogP contribution in [0.1, 0.15) is 22.3 Å². The fourth-order valence-corrected chi connectivity index (χ4v) is 3.45. The summed E-state index contributed by atoms with van der Waals surface area (Å²) in [6.07, 6.45) is 3.98. The molecule has 0 N–H and O–H groups in total. The number of nitrogens with zero attached hydrogens (tertiary/aromatic N) is 2. The predicted octanol–water partition coefficient (Wildman–Crippen LogP) is 6.63. The van der Waals surface area contributed by atoms with Crippen LogP contribution in [-0.2, 0) is 13.0 Å². The zero-order valence-electron chi connectivity index (χ0n) is 18.0. The van der Waals surface area contributed by atoms with Gasteiger partial charge in [0.1, 0.15) is 6.61 Å². The Morgan fingerprint density at radius 1 is 1.18 bits per heavy atom. The lowest BCUT2D eigenvalue weighted by molar-refractivity contribution is -0.384. The monoisotopic (exact) mass is 460 g/mol. The number of benzene rings is 3. The van der Waals surface area contributed by atoms with Gasteiger partial charge in [0.05, 0.1) is 23.7 Å². The van der Waals surface area contributed by atoms with Crippen molar-refractivity contribution in [3.63, 3.8) is 0 Å². The summed E-state index contributed by atoms with van der Waals surface area (Å²) in [6, 6.07) is 19.1. The highest BCUT2D eigenvalue weighted by atomic mass is 35.5. The van der Waals surface area contributed by atoms with E-state index in [2.05, 4.69) is 12.6 Å². The van der Waals surface area contributed by atoms with Crippen molar-refractivity contribution in [2.75, 3.05) is 7.11 Å². The van der Waals surface area contributed by atoms with E-state index in [1.54, 1.807) is 43.5 Å². The van der Waals surface area contributed by atoms with E-state index in [0.717, 1.165) is 16.7 Å². The van der Waals surface area contributed by atoms with Gasteiger partial charge in [-0.25, -0.2) is 0 Å². The van der Waals surface area contributed by atoms with Gasteiger partial charge in [-0.2, -0.15) is 5.26 Å². The van der Waals surface area contributed by atoms with Crippen molar-refractivity contribution >= 4 is 28.9 Å². The van der Waals surface area contributed by atoms with Crippen molar-refractivity contribution in [1.29, 1.82) is 5.26 Å². The van der Waals surface area contributed by atoms with Crippen LogP contribution in [0.25, 0.3) is 11.6 Å². The normalized spacial score (nSPS) is 10.9. The van der Waals surface area contributed by atoms with Gasteiger partial charge in [-0.05, 0) is 54.0 Å². The second kappa shape index (κ2) is 11.0. The lowest BCUT2D eigenvalue weighted by Crippen LogP contribution is -2.02. The molecule has 0 aliphatic carbocycles. The molecular formula is C26H21ClN2O4. The minimum atomic E-state index is -0.479. The Morgan fingerprint density at radius 2 is 1.91 bits per heavy atom. The van der Waals surface area contributed by atoms with E-state index in [1.165, 1.54) is 12.1 Å². The van der Waals surface area contributed by atoms with Gasteiger partial charge >= 0.3 is 0 Å². The molecule has 0 bridgehead atoms. The molecule has 0 unspecified atom stereocenters. The highest BCUT2D eigenvalue weighted by molar-refractivity contribution is 6.31. The third-order valence-electron chi connectivity index (χ3n) is 4.89. The molecular weight excluding hydrogens is 440 g/mol. The topological polar surface area (TPSA) is 85.4 Å². The van der Waals surface area contributed by atoms with E-state index in [0.29, 0.717) is 34.1 Å². The van der Waals surface area contributed by atoms with Crippen LogP contribution in [0.15, 0.2) is 73.3 Å². The Kier molecular flexibility index (Phi) is 7.85. The van der Waals surface area contributed by atoms with Gasteiger partial charge in [0, 0.05) is 28.3 Å². The highest BCUT2D eigenvalue weighted by Gasteiger charge is 2.14. The number of ether oxygens (including phenoxy) is 2. The van der Waals surface area contributed by atoms with E-state index < -0.39 is 4.92 Å². The molecule has 3 aromatic carbocycles. The molecule has 166 valence electrons. The fourth-order valence-electron chi connectivity index (χ4n) is 3.26. The number of non-ortho nitro benzene ring substituents is 1. The Hall–Kier alpha value is -4.08. The van der Waals surface area contributed by atoms with E-state index >= 15 is 0 Å². The second-order valence-electron chi connectivity index (χ2n) is 7.06. The van der Waals surface area contributed by atoms with E-state index in [9.17, 15) is 15.4 Å². The minimum Gasteiger partial charge on any atom is -0.493 e. The summed E-state index contributed by atoms with van der Waals surface area (Å²) < 4.78 is 11.7. The first kappa shape index (κ1) is 23.6. The molecule has 3 aromatic rings. The van der Waals surface area contributed by atoms with Gasteiger partial charge in [0.15, 0.2) is 11.5 Å². The van der Waals surface area contributed by atoms with Crippen molar-refractivity contribution in [1.82, 2.24) is 0 Å². The number of allylic oxidation sites excluding steroid dienone is 2. The van der Waals surface area contributed by atoms with Gasteiger partial charge in [-0.15, -0.1) is 6.58 Å². The summed E-state index contributed by atoms with van der Waals surface area (Å²) in [4.78, 5) is 10.4. The van der Waals surface area contributed by atoms with Crippen LogP contribution < -0.4 is 9.47 Å². The van der Waals surface area contributed by atoms with E-state index in [4.69, 9.17) is 21.1 Å². The Bertz CT molecular complexity index is 1240. The lowest BCUT2D eigenvalue weighted by Gasteiger charge is -2.16. The molecule has 0 aliphatic rings. The summed E-state index contributed by atoms with van der Waals surface area (Å²) >= 11 is 6.25. The fraction of sp³-hybridized carbons (Fsp3) is 0.115. The number of nitro benzene ring substituents is 1. The van der Waals surface area contributed by atoms with Crippen LogP contribution in [0.3, 0.4) is 0 Å². The van der Waals surface area contributed by atoms with Gasteiger partial charge < -0.3 is 9.47 Å². The van der Waals surface area contributed by atoms with Crippen molar-refractivity contribution in [2.45, 2.75) is 13.0 Å². The molecule has 7 heteroatoms. The zero-order valence-corrected chi connectivity index (χ0v) is 18.7. The molecule has 0 saturated carbocycles. The van der Waals surface area contributed by atoms with Crippen LogP contribution in [-0.4, -0.2) is 12.0 Å². The van der Waals surface area contributed by atoms with Gasteiger partial charge in [0.25, 0.3) is 5.69 Å². The molecule has 0 spiro atoms. The number of nitro groups is 1. The molecule has 6 nitrogen and oxygen atoms in total. The molecule has 0 saturated heterocycles. The quantitative estimate of drug-likeness (QED) is 0.118. The number of hydrogen-bond donors (Lipinski definition) is 0. The summed E-state index contributed by atoms with van der Waals surface area (Å²) in [5.41, 5.74) is 3.31. The average molecular weight is 461 g/mol. The molecule has 0 aliphatic heterocycles. The minimum absolute atomic E-state index is 0.0361. The molecule has 0 amide bonds. The molecule has 33 heavy (non-hydrogen) atoms. The SMILES string of the molecule is C=CCc1cc(/C=C(\C#N)c2ccc([N+](=O)[O-])cc2)cc(OC)c1OCc1ccccc1Cl. The largest absolute Gasteiger partial charge is 0.493 e. The van der Waals surface area contributed by atoms with Gasteiger partial charge in [0.2, 0.25) is 0 Å². The first-order chi connectivity index (χ1) is 16.0. The van der Waals surface area contributed by atoms with Gasteiger partial charge in [-0.3, -0.25) is 10.1 Å². The maximum Gasteiger partial charge on any atom is 0.269 e. The number of halogens is 1. The summed E-state index contributed by atoms with van der Waals surface area (Å²) in [7, 11) is 1.55. The van der Waals surface area contributed by atoms with Crippen molar-refractivity contribution in [2.24, 2.45) is 0 Å². The Balaban J connectivity index is 1.98. The van der Waals surface area contributed by atoms with E-state index in [-0.39, 0.29) is 12.3 Å². The van der Waals surface area contributed by atoms with Crippen molar-refractivity contribution in [3.05, 3.63) is 111 Å². The van der Waals surface area contributed by atoms with Crippen LogP contribution in [0.2, 0.25) is 5.02 Å². The number of hydrogen-bond acceptors (Lipinski definition) is 5. The Labute approximate surface area is 197 Å². The average Bonchev–Trinajstić information content (AvgIpc) is 2.82. The maximum absolute atomic E-state index is 10.9. The Morgan fingerprint density at radius 3 is 2.52 bits per heavy atom. The summed E-state index contributed by atoms with van der Waals surface area (Å²) in [5.74, 6) is 1.08. The third-order valence-corrected chi connectivity index (χ3v) is 5.26. The summed E-state index contributed by atoms with van der Waals surface area (Å²) in [6.45, 7) is 4.09. The molecule has 0 atom stereocenters. The lowest BCUT2D eigenvalue weighted by atomic mass is 10.0. The summed E-state index contributed by atoms with van der Waals surface area (Å²) in [5, 5.41) is 21.2. The first-order valence-electron chi connectivity index (χ1n) is 10.0. The first-order valence-corrected chi connectivity index (χ1v) is 10.4. The van der Waals surface area contributed by atoms with Gasteiger partial charge in [-0.1, -0.05) is 35.9 Å². The number of rotatable bonds is 9. The molecule has 3 rings (SSSR count). The van der Waals surface area contributed by atoms with Crippen LogP contribution >= 0.6 is 11.6 Å². The second-order valence-corrected chi connectivity index (χ2v) is 7.47. The molecule has 0 heterocycles. The van der Waals surface area contributed by atoms with Crippen LogP contribution in [0.4, 0.5) is 5.69 Å². The number of nitriles is 1. The molecule has 0 radical (unpaired) electrons. The van der Waals surface area contributed by atoms with Crippen molar-refractivity contribution in [3.8, 4) is 17.6 Å². The third kappa shape index (κ3) is 5.79. The predicted molar refractivity (Wildman–Crippen MR) is 129 cm³/mol. The van der Waals surface area contributed by atoms with Crippen LogP contribution in [0, 0.1) is 21.4 Å². The molecule has 0 fully saturated rings. The number of methoxy groups -OCH3 is 1. The van der Waals surface area contributed by atoms with Crippen LogP contribution in [0.5, 0.6) is 11.5 Å².